The fourth-order valence-corrected chi connectivity index (χ4v) is 1.94. The number of hydrogen-bond acceptors (Lipinski definition) is 3. The standard InChI is InChI=1S/C18H19NO3/c1-22-16-10-8-15(9-11-16)17(20)13-19-18(21)12-7-14-5-3-2-4-6-14/h2-12,17,20H,13H2,1H3,(H,19,21)/b12-7+/t17-/m0/s1. The molecule has 0 heterocycles. The molecule has 1 amide bonds. The highest BCUT2D eigenvalue weighted by molar-refractivity contribution is 5.91. The Morgan fingerprint density at radius 2 is 1.86 bits per heavy atom. The topological polar surface area (TPSA) is 58.6 Å². The average Bonchev–Trinajstić information content (AvgIpc) is 2.58. The van der Waals surface area contributed by atoms with E-state index in [1.54, 1.807) is 37.5 Å². The highest BCUT2D eigenvalue weighted by Gasteiger charge is 2.08. The number of amides is 1. The van der Waals surface area contributed by atoms with E-state index in [1.165, 1.54) is 6.08 Å². The fourth-order valence-electron chi connectivity index (χ4n) is 1.94. The number of carbonyl (C=O) groups excluding carboxylic acids is 1. The highest BCUT2D eigenvalue weighted by Crippen LogP contribution is 2.16. The number of methoxy groups -OCH3 is 1. The second kappa shape index (κ2) is 8.00. The van der Waals surface area contributed by atoms with Crippen molar-refractivity contribution in [1.82, 2.24) is 5.32 Å². The van der Waals surface area contributed by atoms with Gasteiger partial charge in [0, 0.05) is 12.6 Å². The minimum atomic E-state index is -0.750. The van der Waals surface area contributed by atoms with Gasteiger partial charge in [-0.15, -0.1) is 0 Å². The number of aliphatic hydroxyl groups is 1. The molecule has 114 valence electrons. The molecule has 0 radical (unpaired) electrons. The van der Waals surface area contributed by atoms with E-state index in [4.69, 9.17) is 4.74 Å². The largest absolute Gasteiger partial charge is 0.497 e. The summed E-state index contributed by atoms with van der Waals surface area (Å²) in [5.74, 6) is 0.488. The third kappa shape index (κ3) is 4.75. The van der Waals surface area contributed by atoms with Crippen LogP contribution in [0.1, 0.15) is 17.2 Å². The van der Waals surface area contributed by atoms with Crippen LogP contribution in [-0.4, -0.2) is 24.7 Å². The maximum atomic E-state index is 11.7. The third-order valence-electron chi connectivity index (χ3n) is 3.20. The summed E-state index contributed by atoms with van der Waals surface area (Å²) in [4.78, 5) is 11.7. The molecule has 0 spiro atoms. The van der Waals surface area contributed by atoms with Crippen molar-refractivity contribution >= 4 is 12.0 Å². The van der Waals surface area contributed by atoms with Gasteiger partial charge in [0.25, 0.3) is 0 Å². The number of aliphatic hydroxyl groups excluding tert-OH is 1. The SMILES string of the molecule is COc1ccc([C@@H](O)CNC(=O)/C=C/c2ccccc2)cc1. The normalized spacial score (nSPS) is 12.1. The third-order valence-corrected chi connectivity index (χ3v) is 3.20. The Kier molecular flexibility index (Phi) is 5.74. The van der Waals surface area contributed by atoms with E-state index < -0.39 is 6.10 Å². The summed E-state index contributed by atoms with van der Waals surface area (Å²) in [6.45, 7) is 0.157. The van der Waals surface area contributed by atoms with Crippen molar-refractivity contribution in [1.29, 1.82) is 0 Å². The number of benzene rings is 2. The Hall–Kier alpha value is -2.59. The van der Waals surface area contributed by atoms with Crippen LogP contribution in [0.3, 0.4) is 0 Å². The molecule has 22 heavy (non-hydrogen) atoms. The van der Waals surface area contributed by atoms with Gasteiger partial charge in [-0.25, -0.2) is 0 Å². The minimum absolute atomic E-state index is 0.157. The summed E-state index contributed by atoms with van der Waals surface area (Å²) in [5, 5.41) is 12.7. The predicted octanol–water partition coefficient (Wildman–Crippen LogP) is 2.56. The van der Waals surface area contributed by atoms with Crippen LogP contribution in [0, 0.1) is 0 Å². The number of nitrogens with one attached hydrogen (secondary N) is 1. The van der Waals surface area contributed by atoms with Gasteiger partial charge in [-0.2, -0.15) is 0 Å². The lowest BCUT2D eigenvalue weighted by Crippen LogP contribution is -2.26. The zero-order chi connectivity index (χ0) is 15.8. The van der Waals surface area contributed by atoms with E-state index >= 15 is 0 Å². The van der Waals surface area contributed by atoms with Crippen LogP contribution in [-0.2, 0) is 4.79 Å². The second-order valence-electron chi connectivity index (χ2n) is 4.78. The first-order valence-corrected chi connectivity index (χ1v) is 7.02. The van der Waals surface area contributed by atoms with E-state index in [-0.39, 0.29) is 12.5 Å². The molecule has 0 aliphatic rings. The van der Waals surface area contributed by atoms with E-state index in [0.29, 0.717) is 0 Å². The average molecular weight is 297 g/mol. The monoisotopic (exact) mass is 297 g/mol. The van der Waals surface area contributed by atoms with Crippen LogP contribution in [0.15, 0.2) is 60.7 Å². The molecule has 0 saturated carbocycles. The van der Waals surface area contributed by atoms with Crippen molar-refractivity contribution in [2.24, 2.45) is 0 Å². The van der Waals surface area contributed by atoms with Gasteiger partial charge in [-0.3, -0.25) is 4.79 Å². The van der Waals surface area contributed by atoms with Crippen molar-refractivity contribution in [3.63, 3.8) is 0 Å². The van der Waals surface area contributed by atoms with Crippen molar-refractivity contribution in [3.05, 3.63) is 71.8 Å². The van der Waals surface area contributed by atoms with Crippen LogP contribution in [0.25, 0.3) is 6.08 Å². The number of ether oxygens (including phenoxy) is 1. The maximum Gasteiger partial charge on any atom is 0.244 e. The van der Waals surface area contributed by atoms with E-state index in [2.05, 4.69) is 5.32 Å². The van der Waals surface area contributed by atoms with Gasteiger partial charge >= 0.3 is 0 Å². The van der Waals surface area contributed by atoms with E-state index in [0.717, 1.165) is 16.9 Å². The van der Waals surface area contributed by atoms with Gasteiger partial charge in [-0.1, -0.05) is 42.5 Å². The molecule has 0 saturated heterocycles. The van der Waals surface area contributed by atoms with Crippen molar-refractivity contribution in [3.8, 4) is 5.75 Å². The molecule has 0 aromatic heterocycles. The van der Waals surface area contributed by atoms with E-state index in [1.807, 2.05) is 30.3 Å². The summed E-state index contributed by atoms with van der Waals surface area (Å²) >= 11 is 0. The Morgan fingerprint density at radius 3 is 2.50 bits per heavy atom. The molecule has 2 rings (SSSR count). The molecule has 4 nitrogen and oxygen atoms in total. The molecule has 2 aromatic rings. The fraction of sp³-hybridized carbons (Fsp3) is 0.167. The van der Waals surface area contributed by atoms with Crippen LogP contribution in [0.2, 0.25) is 0 Å². The summed E-state index contributed by atoms with van der Waals surface area (Å²) in [7, 11) is 1.59. The van der Waals surface area contributed by atoms with Gasteiger partial charge in [0.15, 0.2) is 0 Å². The Balaban J connectivity index is 1.83. The van der Waals surface area contributed by atoms with E-state index in [9.17, 15) is 9.90 Å². The minimum Gasteiger partial charge on any atom is -0.497 e. The molecule has 0 bridgehead atoms. The lowest BCUT2D eigenvalue weighted by molar-refractivity contribution is -0.116. The Labute approximate surface area is 130 Å². The molecule has 2 N–H and O–H groups in total. The van der Waals surface area contributed by atoms with Crippen LogP contribution >= 0.6 is 0 Å². The van der Waals surface area contributed by atoms with Crippen molar-refractivity contribution < 1.29 is 14.6 Å². The summed E-state index contributed by atoms with van der Waals surface area (Å²) < 4.78 is 5.06. The zero-order valence-electron chi connectivity index (χ0n) is 12.4. The van der Waals surface area contributed by atoms with Crippen LogP contribution in [0.5, 0.6) is 5.75 Å². The molecule has 0 aliphatic heterocycles. The molecule has 0 aliphatic carbocycles. The first-order valence-electron chi connectivity index (χ1n) is 7.02. The number of rotatable bonds is 6. The lowest BCUT2D eigenvalue weighted by atomic mass is 10.1. The van der Waals surface area contributed by atoms with Gasteiger partial charge < -0.3 is 15.2 Å². The summed E-state index contributed by atoms with van der Waals surface area (Å²) in [6, 6.07) is 16.7. The molecule has 0 fully saturated rings. The second-order valence-corrected chi connectivity index (χ2v) is 4.78. The number of carbonyl (C=O) groups is 1. The van der Waals surface area contributed by atoms with Crippen molar-refractivity contribution in [2.75, 3.05) is 13.7 Å². The highest BCUT2D eigenvalue weighted by atomic mass is 16.5. The first-order chi connectivity index (χ1) is 10.7. The summed E-state index contributed by atoms with van der Waals surface area (Å²) in [6.07, 6.45) is 2.44. The van der Waals surface area contributed by atoms with Crippen molar-refractivity contribution in [2.45, 2.75) is 6.10 Å². The summed E-state index contributed by atoms with van der Waals surface area (Å²) in [5.41, 5.74) is 1.68. The van der Waals surface area contributed by atoms with Crippen LogP contribution in [0.4, 0.5) is 0 Å². The molecule has 2 aromatic carbocycles. The quantitative estimate of drug-likeness (QED) is 0.806. The zero-order valence-corrected chi connectivity index (χ0v) is 12.4. The molecular formula is C18H19NO3. The Morgan fingerprint density at radius 1 is 1.18 bits per heavy atom. The Bertz CT molecular complexity index is 621. The molecular weight excluding hydrogens is 278 g/mol. The van der Waals surface area contributed by atoms with Gasteiger partial charge in [-0.05, 0) is 29.3 Å². The smallest absolute Gasteiger partial charge is 0.244 e. The van der Waals surface area contributed by atoms with Crippen LogP contribution < -0.4 is 10.1 Å². The number of hydrogen-bond donors (Lipinski definition) is 2. The van der Waals surface area contributed by atoms with Gasteiger partial charge in [0.2, 0.25) is 5.91 Å². The van der Waals surface area contributed by atoms with Gasteiger partial charge in [0.1, 0.15) is 5.75 Å². The first kappa shape index (κ1) is 15.8. The molecule has 1 atom stereocenters. The maximum absolute atomic E-state index is 11.7. The predicted molar refractivity (Wildman–Crippen MR) is 86.4 cm³/mol. The van der Waals surface area contributed by atoms with Gasteiger partial charge in [0.05, 0.1) is 13.2 Å². The molecule has 0 unspecified atom stereocenters. The lowest BCUT2D eigenvalue weighted by Gasteiger charge is -2.11. The molecule has 4 heteroatoms.